The summed E-state index contributed by atoms with van der Waals surface area (Å²) >= 11 is 0. The van der Waals surface area contributed by atoms with Crippen LogP contribution < -0.4 is 10.1 Å². The summed E-state index contributed by atoms with van der Waals surface area (Å²) in [6.45, 7) is 6.92. The molecule has 0 aromatic heterocycles. The normalized spacial score (nSPS) is 12.2. The van der Waals surface area contributed by atoms with Crippen LogP contribution in [0.1, 0.15) is 38.1 Å². The van der Waals surface area contributed by atoms with Gasteiger partial charge in [-0.1, -0.05) is 0 Å². The fraction of sp³-hybridized carbons (Fsp3) is 0.467. The molecule has 8 heteroatoms. The third kappa shape index (κ3) is 5.24. The van der Waals surface area contributed by atoms with Crippen molar-refractivity contribution < 1.29 is 24.0 Å². The summed E-state index contributed by atoms with van der Waals surface area (Å²) in [6.07, 6.45) is -0.933. The Morgan fingerprint density at radius 2 is 1.91 bits per heavy atom. The van der Waals surface area contributed by atoms with Crippen LogP contribution in [0.2, 0.25) is 0 Å². The van der Waals surface area contributed by atoms with Gasteiger partial charge in [-0.05, 0) is 39.8 Å². The maximum atomic E-state index is 12.0. The standard InChI is InChI=1S/C15H20N2O6/c1-9(13(18)16-15(2,3)4)23-12-7-6-10(14(19)22-5)8-11(12)17(20)21/h6-9H,1-5H3,(H,16,18)/t9-/m0/s1. The van der Waals surface area contributed by atoms with Crippen molar-refractivity contribution in [1.82, 2.24) is 5.32 Å². The van der Waals surface area contributed by atoms with Gasteiger partial charge in [-0.3, -0.25) is 14.9 Å². The van der Waals surface area contributed by atoms with Crippen LogP contribution in [-0.4, -0.2) is 35.6 Å². The van der Waals surface area contributed by atoms with E-state index in [-0.39, 0.29) is 11.3 Å². The van der Waals surface area contributed by atoms with Crippen LogP contribution in [-0.2, 0) is 9.53 Å². The van der Waals surface area contributed by atoms with E-state index in [1.807, 2.05) is 20.8 Å². The summed E-state index contributed by atoms with van der Waals surface area (Å²) < 4.78 is 9.90. The van der Waals surface area contributed by atoms with Crippen molar-refractivity contribution >= 4 is 17.6 Å². The van der Waals surface area contributed by atoms with Crippen molar-refractivity contribution in [2.45, 2.75) is 39.3 Å². The molecule has 1 amide bonds. The van der Waals surface area contributed by atoms with E-state index in [9.17, 15) is 19.7 Å². The van der Waals surface area contributed by atoms with Crippen molar-refractivity contribution in [3.63, 3.8) is 0 Å². The Bertz CT molecular complexity index is 621. The van der Waals surface area contributed by atoms with Gasteiger partial charge < -0.3 is 14.8 Å². The third-order valence-electron chi connectivity index (χ3n) is 2.75. The molecule has 23 heavy (non-hydrogen) atoms. The number of nitro groups is 1. The number of amides is 1. The van der Waals surface area contributed by atoms with Crippen LogP contribution in [0.25, 0.3) is 0 Å². The van der Waals surface area contributed by atoms with E-state index in [0.717, 1.165) is 6.07 Å². The number of hydrogen-bond acceptors (Lipinski definition) is 6. The highest BCUT2D eigenvalue weighted by atomic mass is 16.6. The van der Waals surface area contributed by atoms with Gasteiger partial charge in [0.1, 0.15) is 0 Å². The molecule has 0 aliphatic carbocycles. The molecule has 0 fully saturated rings. The predicted octanol–water partition coefficient (Wildman–Crippen LogP) is 2.06. The molecule has 1 N–H and O–H groups in total. The zero-order chi connectivity index (χ0) is 17.8. The number of methoxy groups -OCH3 is 1. The molecular formula is C15H20N2O6. The van der Waals surface area contributed by atoms with Crippen LogP contribution in [0.3, 0.4) is 0 Å². The van der Waals surface area contributed by atoms with Crippen molar-refractivity contribution in [2.24, 2.45) is 0 Å². The van der Waals surface area contributed by atoms with Gasteiger partial charge in [-0.25, -0.2) is 4.79 Å². The highest BCUT2D eigenvalue weighted by Gasteiger charge is 2.25. The van der Waals surface area contributed by atoms with Crippen molar-refractivity contribution in [1.29, 1.82) is 0 Å². The average Bonchev–Trinajstić information content (AvgIpc) is 2.44. The lowest BCUT2D eigenvalue weighted by Gasteiger charge is -2.23. The minimum atomic E-state index is -0.933. The Balaban J connectivity index is 3.02. The number of esters is 1. The molecule has 0 spiro atoms. The predicted molar refractivity (Wildman–Crippen MR) is 82.4 cm³/mol. The molecule has 1 atom stereocenters. The first-order valence-corrected chi connectivity index (χ1v) is 6.90. The molecule has 0 aliphatic heterocycles. The Morgan fingerprint density at radius 3 is 2.39 bits per heavy atom. The Morgan fingerprint density at radius 1 is 1.30 bits per heavy atom. The van der Waals surface area contributed by atoms with E-state index in [1.54, 1.807) is 0 Å². The molecule has 0 saturated heterocycles. The number of nitro benzene ring substituents is 1. The zero-order valence-corrected chi connectivity index (χ0v) is 13.7. The monoisotopic (exact) mass is 324 g/mol. The maximum absolute atomic E-state index is 12.0. The molecule has 1 aromatic rings. The molecule has 0 aliphatic rings. The summed E-state index contributed by atoms with van der Waals surface area (Å²) in [4.78, 5) is 33.9. The average molecular weight is 324 g/mol. The molecule has 0 bridgehead atoms. The Labute approximate surface area is 133 Å². The van der Waals surface area contributed by atoms with E-state index >= 15 is 0 Å². The second-order valence-electron chi connectivity index (χ2n) is 5.93. The van der Waals surface area contributed by atoms with Crippen molar-refractivity contribution in [3.8, 4) is 5.75 Å². The smallest absolute Gasteiger partial charge is 0.338 e. The summed E-state index contributed by atoms with van der Waals surface area (Å²) in [6, 6.07) is 3.66. The fourth-order valence-corrected chi connectivity index (χ4v) is 1.72. The van der Waals surface area contributed by atoms with E-state index in [2.05, 4.69) is 10.1 Å². The van der Waals surface area contributed by atoms with Gasteiger partial charge in [0.05, 0.1) is 17.6 Å². The number of ether oxygens (including phenoxy) is 2. The molecule has 1 rings (SSSR count). The van der Waals surface area contributed by atoms with Gasteiger partial charge in [-0.2, -0.15) is 0 Å². The van der Waals surface area contributed by atoms with Crippen molar-refractivity contribution in [3.05, 3.63) is 33.9 Å². The molecule has 0 unspecified atom stereocenters. The second-order valence-corrected chi connectivity index (χ2v) is 5.93. The maximum Gasteiger partial charge on any atom is 0.338 e. The van der Waals surface area contributed by atoms with Gasteiger partial charge >= 0.3 is 11.7 Å². The van der Waals surface area contributed by atoms with Gasteiger partial charge in [0.2, 0.25) is 0 Å². The summed E-state index contributed by atoms with van der Waals surface area (Å²) in [5.74, 6) is -1.19. The van der Waals surface area contributed by atoms with Crippen LogP contribution in [0.15, 0.2) is 18.2 Å². The molecule has 0 heterocycles. The van der Waals surface area contributed by atoms with E-state index in [0.29, 0.717) is 0 Å². The summed E-state index contributed by atoms with van der Waals surface area (Å²) in [5.41, 5.74) is -0.836. The number of carbonyl (C=O) groups excluding carboxylic acids is 2. The second kappa shape index (κ2) is 7.08. The molecule has 8 nitrogen and oxygen atoms in total. The first-order valence-electron chi connectivity index (χ1n) is 6.90. The number of nitrogens with one attached hydrogen (secondary N) is 1. The topological polar surface area (TPSA) is 108 Å². The lowest BCUT2D eigenvalue weighted by atomic mass is 10.1. The quantitative estimate of drug-likeness (QED) is 0.504. The largest absolute Gasteiger partial charge is 0.474 e. The first-order chi connectivity index (χ1) is 10.5. The number of rotatable bonds is 5. The van der Waals surface area contributed by atoms with Crippen LogP contribution in [0.4, 0.5) is 5.69 Å². The van der Waals surface area contributed by atoms with Crippen molar-refractivity contribution in [2.75, 3.05) is 7.11 Å². The molecule has 0 saturated carbocycles. The molecule has 126 valence electrons. The Hall–Kier alpha value is -2.64. The van der Waals surface area contributed by atoms with Crippen LogP contribution in [0, 0.1) is 10.1 Å². The molecular weight excluding hydrogens is 304 g/mol. The van der Waals surface area contributed by atoms with Gasteiger partial charge in [0.25, 0.3) is 5.91 Å². The molecule has 1 aromatic carbocycles. The fourth-order valence-electron chi connectivity index (χ4n) is 1.72. The summed E-state index contributed by atoms with van der Waals surface area (Å²) in [7, 11) is 1.18. The lowest BCUT2D eigenvalue weighted by Crippen LogP contribution is -2.46. The minimum absolute atomic E-state index is 0.0262. The van der Waals surface area contributed by atoms with Crippen LogP contribution >= 0.6 is 0 Å². The lowest BCUT2D eigenvalue weighted by molar-refractivity contribution is -0.386. The summed E-state index contributed by atoms with van der Waals surface area (Å²) in [5, 5.41) is 13.9. The number of carbonyl (C=O) groups is 2. The first kappa shape index (κ1) is 18.4. The third-order valence-corrected chi connectivity index (χ3v) is 2.75. The van der Waals surface area contributed by atoms with E-state index < -0.39 is 34.1 Å². The Kier molecular flexibility index (Phi) is 5.67. The number of hydrogen-bond donors (Lipinski definition) is 1. The molecule has 0 radical (unpaired) electrons. The van der Waals surface area contributed by atoms with Gasteiger partial charge in [0.15, 0.2) is 11.9 Å². The SMILES string of the molecule is COC(=O)c1ccc(O[C@@H](C)C(=O)NC(C)(C)C)c([N+](=O)[O-])c1. The zero-order valence-electron chi connectivity index (χ0n) is 13.7. The minimum Gasteiger partial charge on any atom is -0.474 e. The van der Waals surface area contributed by atoms with Gasteiger partial charge in [0, 0.05) is 11.6 Å². The van der Waals surface area contributed by atoms with E-state index in [4.69, 9.17) is 4.74 Å². The van der Waals surface area contributed by atoms with Crippen LogP contribution in [0.5, 0.6) is 5.75 Å². The van der Waals surface area contributed by atoms with E-state index in [1.165, 1.54) is 26.2 Å². The number of nitrogens with zero attached hydrogens (tertiary/aromatic N) is 1. The highest BCUT2D eigenvalue weighted by Crippen LogP contribution is 2.29. The van der Waals surface area contributed by atoms with Gasteiger partial charge in [-0.15, -0.1) is 0 Å². The highest BCUT2D eigenvalue weighted by molar-refractivity contribution is 5.90. The number of benzene rings is 1.